The largest absolute Gasteiger partial charge is 0.309 e. The number of primary sulfonamides is 1. The highest BCUT2D eigenvalue weighted by Gasteiger charge is 2.09. The summed E-state index contributed by atoms with van der Waals surface area (Å²) in [5.74, 6) is 1.98. The van der Waals surface area contributed by atoms with Gasteiger partial charge in [0.15, 0.2) is 0 Å². The maximum Gasteiger partial charge on any atom is 0.238 e. The Labute approximate surface area is 119 Å². The van der Waals surface area contributed by atoms with Crippen molar-refractivity contribution < 1.29 is 8.42 Å². The first-order chi connectivity index (χ1) is 8.95. The van der Waals surface area contributed by atoms with E-state index < -0.39 is 10.0 Å². The van der Waals surface area contributed by atoms with Gasteiger partial charge in [0.2, 0.25) is 10.0 Å². The minimum Gasteiger partial charge on any atom is -0.309 e. The second-order valence-electron chi connectivity index (χ2n) is 4.15. The lowest BCUT2D eigenvalue weighted by molar-refractivity contribution is 0.594. The first kappa shape index (κ1) is 16.2. The van der Waals surface area contributed by atoms with Crippen LogP contribution in [0.25, 0.3) is 0 Å². The van der Waals surface area contributed by atoms with Crippen LogP contribution in [-0.2, 0) is 10.0 Å². The molecule has 1 unspecified atom stereocenters. The van der Waals surface area contributed by atoms with Crippen LogP contribution >= 0.6 is 11.8 Å². The van der Waals surface area contributed by atoms with Crippen LogP contribution in [-0.4, -0.2) is 26.5 Å². The predicted octanol–water partition coefficient (Wildman–Crippen LogP) is 1.90. The van der Waals surface area contributed by atoms with Gasteiger partial charge in [0.1, 0.15) is 0 Å². The summed E-state index contributed by atoms with van der Waals surface area (Å²) in [5.41, 5.74) is 1.04. The number of hydrogen-bond donors (Lipinski definition) is 2. The Morgan fingerprint density at radius 1 is 1.42 bits per heavy atom. The Balaban J connectivity index is 2.49. The molecule has 6 heteroatoms. The van der Waals surface area contributed by atoms with Crippen LogP contribution in [0.15, 0.2) is 41.8 Å². The highest BCUT2D eigenvalue weighted by atomic mass is 32.2. The quantitative estimate of drug-likeness (QED) is 0.568. The predicted molar refractivity (Wildman–Crippen MR) is 81.8 cm³/mol. The highest BCUT2D eigenvalue weighted by Crippen LogP contribution is 2.15. The van der Waals surface area contributed by atoms with Crippen LogP contribution < -0.4 is 10.5 Å². The Bertz CT molecular complexity index is 498. The Kier molecular flexibility index (Phi) is 6.57. The van der Waals surface area contributed by atoms with Gasteiger partial charge in [0.05, 0.1) is 4.90 Å². The van der Waals surface area contributed by atoms with Gasteiger partial charge in [-0.15, -0.1) is 6.58 Å². The maximum absolute atomic E-state index is 11.1. The Hall–Kier alpha value is -0.820. The lowest BCUT2D eigenvalue weighted by Crippen LogP contribution is -2.21. The molecule has 0 aliphatic heterocycles. The first-order valence-electron chi connectivity index (χ1n) is 6.00. The maximum atomic E-state index is 11.1. The highest BCUT2D eigenvalue weighted by molar-refractivity contribution is 7.99. The molecule has 0 spiro atoms. The first-order valence-corrected chi connectivity index (χ1v) is 8.70. The number of nitrogens with one attached hydrogen (secondary N) is 1. The van der Waals surface area contributed by atoms with E-state index in [9.17, 15) is 8.42 Å². The zero-order chi connectivity index (χ0) is 14.3. The van der Waals surface area contributed by atoms with E-state index in [2.05, 4.69) is 11.9 Å². The average molecular weight is 300 g/mol. The monoisotopic (exact) mass is 300 g/mol. The van der Waals surface area contributed by atoms with Crippen LogP contribution in [0.5, 0.6) is 0 Å². The summed E-state index contributed by atoms with van der Waals surface area (Å²) < 4.78 is 22.3. The number of benzene rings is 1. The molecule has 0 saturated heterocycles. The van der Waals surface area contributed by atoms with Crippen LogP contribution in [0.2, 0.25) is 0 Å². The molecule has 0 radical (unpaired) electrons. The third kappa shape index (κ3) is 5.78. The normalized spacial score (nSPS) is 13.2. The fourth-order valence-electron chi connectivity index (χ4n) is 1.58. The van der Waals surface area contributed by atoms with Crippen molar-refractivity contribution in [2.24, 2.45) is 5.14 Å². The molecule has 1 aromatic rings. The van der Waals surface area contributed by atoms with E-state index >= 15 is 0 Å². The lowest BCUT2D eigenvalue weighted by Gasteiger charge is -2.14. The summed E-state index contributed by atoms with van der Waals surface area (Å²) >= 11 is 1.82. The summed E-state index contributed by atoms with van der Waals surface area (Å²) in [6.45, 7) is 6.61. The van der Waals surface area contributed by atoms with Crippen molar-refractivity contribution in [3.05, 3.63) is 42.5 Å². The molecule has 4 nitrogen and oxygen atoms in total. The number of nitrogens with two attached hydrogens (primary N) is 1. The molecule has 0 fully saturated rings. The second kappa shape index (κ2) is 7.69. The van der Waals surface area contributed by atoms with Crippen molar-refractivity contribution in [2.75, 3.05) is 18.1 Å². The molecule has 0 amide bonds. The molecular weight excluding hydrogens is 280 g/mol. The van der Waals surface area contributed by atoms with Crippen LogP contribution in [0.3, 0.4) is 0 Å². The molecule has 106 valence electrons. The van der Waals surface area contributed by atoms with E-state index in [0.717, 1.165) is 23.6 Å². The van der Waals surface area contributed by atoms with Crippen LogP contribution in [0, 0.1) is 0 Å². The van der Waals surface area contributed by atoms with Gasteiger partial charge in [-0.05, 0) is 24.6 Å². The van der Waals surface area contributed by atoms with Gasteiger partial charge in [0.25, 0.3) is 0 Å². The molecule has 1 aromatic carbocycles. The Morgan fingerprint density at radius 2 is 2.05 bits per heavy atom. The van der Waals surface area contributed by atoms with E-state index in [4.69, 9.17) is 5.14 Å². The number of sulfonamides is 1. The SMILES string of the molecule is C=CCSCCNC(C)c1ccc(S(N)(=O)=O)cc1. The van der Waals surface area contributed by atoms with E-state index in [0.29, 0.717) is 0 Å². The summed E-state index contributed by atoms with van der Waals surface area (Å²) in [6, 6.07) is 6.83. The lowest BCUT2D eigenvalue weighted by atomic mass is 10.1. The van der Waals surface area contributed by atoms with E-state index in [1.807, 2.05) is 24.8 Å². The molecule has 3 N–H and O–H groups in total. The fourth-order valence-corrected chi connectivity index (χ4v) is 2.69. The molecule has 1 rings (SSSR count). The molecule has 0 heterocycles. The van der Waals surface area contributed by atoms with Crippen LogP contribution in [0.4, 0.5) is 0 Å². The summed E-state index contributed by atoms with van der Waals surface area (Å²) in [6.07, 6.45) is 1.89. The van der Waals surface area contributed by atoms with Gasteiger partial charge >= 0.3 is 0 Å². The minimum atomic E-state index is -3.61. The van der Waals surface area contributed by atoms with Crippen molar-refractivity contribution in [1.29, 1.82) is 0 Å². The smallest absolute Gasteiger partial charge is 0.238 e. The zero-order valence-electron chi connectivity index (χ0n) is 11.0. The third-order valence-corrected chi connectivity index (χ3v) is 4.53. The molecule has 0 aliphatic carbocycles. The molecule has 0 aromatic heterocycles. The molecule has 0 bridgehead atoms. The van der Waals surface area contributed by atoms with Gasteiger partial charge in [-0.2, -0.15) is 11.8 Å². The van der Waals surface area contributed by atoms with Gasteiger partial charge < -0.3 is 5.32 Å². The molecule has 1 atom stereocenters. The topological polar surface area (TPSA) is 72.2 Å². The number of rotatable bonds is 8. The molecule has 0 aliphatic rings. The van der Waals surface area contributed by atoms with E-state index in [1.54, 1.807) is 12.1 Å². The molecule has 19 heavy (non-hydrogen) atoms. The number of thioether (sulfide) groups is 1. The second-order valence-corrected chi connectivity index (χ2v) is 6.86. The Morgan fingerprint density at radius 3 is 2.58 bits per heavy atom. The van der Waals surface area contributed by atoms with Crippen molar-refractivity contribution >= 4 is 21.8 Å². The van der Waals surface area contributed by atoms with Gasteiger partial charge in [-0.3, -0.25) is 0 Å². The summed E-state index contributed by atoms with van der Waals surface area (Å²) in [5, 5.41) is 8.44. The minimum absolute atomic E-state index is 0.144. The van der Waals surface area contributed by atoms with E-state index in [-0.39, 0.29) is 10.9 Å². The summed E-state index contributed by atoms with van der Waals surface area (Å²) in [7, 11) is -3.61. The van der Waals surface area contributed by atoms with E-state index in [1.165, 1.54) is 12.1 Å². The number of hydrogen-bond acceptors (Lipinski definition) is 4. The van der Waals surface area contributed by atoms with Gasteiger partial charge in [-0.25, -0.2) is 13.6 Å². The molecule has 0 saturated carbocycles. The zero-order valence-corrected chi connectivity index (χ0v) is 12.6. The van der Waals surface area contributed by atoms with Gasteiger partial charge in [-0.1, -0.05) is 18.2 Å². The molecular formula is C13H20N2O2S2. The van der Waals surface area contributed by atoms with Crippen molar-refractivity contribution in [3.8, 4) is 0 Å². The van der Waals surface area contributed by atoms with Crippen molar-refractivity contribution in [1.82, 2.24) is 5.32 Å². The standard InChI is InChI=1S/C13H20N2O2S2/c1-3-9-18-10-8-15-11(2)12-4-6-13(7-5-12)19(14,16)17/h3-7,11,15H,1,8-10H2,2H3,(H2,14,16,17). The third-order valence-electron chi connectivity index (χ3n) is 2.64. The van der Waals surface area contributed by atoms with Crippen molar-refractivity contribution in [2.45, 2.75) is 17.9 Å². The van der Waals surface area contributed by atoms with Crippen LogP contribution in [0.1, 0.15) is 18.5 Å². The van der Waals surface area contributed by atoms with Gasteiger partial charge in [0, 0.05) is 24.1 Å². The van der Waals surface area contributed by atoms with Crippen molar-refractivity contribution in [3.63, 3.8) is 0 Å². The summed E-state index contributed by atoms with van der Waals surface area (Å²) in [4.78, 5) is 0.144. The fraction of sp³-hybridized carbons (Fsp3) is 0.385. The average Bonchev–Trinajstić information content (AvgIpc) is 2.37.